The number of fused-ring (bicyclic) bond motifs is 1. The Morgan fingerprint density at radius 1 is 1.17 bits per heavy atom. The fraction of sp³-hybridized carbons (Fsp3) is 0.261. The first-order valence-corrected chi connectivity index (χ1v) is 9.99. The summed E-state index contributed by atoms with van der Waals surface area (Å²) in [4.78, 5) is 12.3. The van der Waals surface area contributed by atoms with Crippen molar-refractivity contribution in [3.63, 3.8) is 0 Å². The quantitative estimate of drug-likeness (QED) is 0.635. The Morgan fingerprint density at radius 2 is 2.07 bits per heavy atom. The molecule has 0 saturated carbocycles. The monoisotopic (exact) mass is 406 g/mol. The number of anilines is 1. The minimum absolute atomic E-state index is 0.166. The van der Waals surface area contributed by atoms with Gasteiger partial charge in [0, 0.05) is 30.3 Å². The van der Waals surface area contributed by atoms with Crippen LogP contribution in [0.4, 0.5) is 10.1 Å². The number of hydrogen-bond acceptors (Lipinski definition) is 4. The average molecular weight is 406 g/mol. The molecule has 7 heteroatoms. The molecule has 4 rings (SSSR count). The molecule has 0 unspecified atom stereocenters. The molecule has 3 aromatic rings. The van der Waals surface area contributed by atoms with Crippen LogP contribution in [-0.4, -0.2) is 27.8 Å². The van der Waals surface area contributed by atoms with Gasteiger partial charge in [-0.05, 0) is 48.7 Å². The van der Waals surface area contributed by atoms with Crippen molar-refractivity contribution in [2.75, 3.05) is 12.4 Å². The Balaban J connectivity index is 1.48. The average Bonchev–Trinajstić information content (AvgIpc) is 3.01. The van der Waals surface area contributed by atoms with Gasteiger partial charge in [-0.15, -0.1) is 10.2 Å². The highest BCUT2D eigenvalue weighted by Crippen LogP contribution is 2.25. The van der Waals surface area contributed by atoms with Gasteiger partial charge in [-0.1, -0.05) is 24.6 Å². The Bertz CT molecular complexity index is 1090. The molecule has 0 spiro atoms. The van der Waals surface area contributed by atoms with Crippen LogP contribution < -0.4 is 10.1 Å². The van der Waals surface area contributed by atoms with Gasteiger partial charge in [0.25, 0.3) is 0 Å². The Hall–Kier alpha value is -3.48. The molecular weight excluding hydrogens is 383 g/mol. The Labute approximate surface area is 174 Å². The zero-order valence-corrected chi connectivity index (χ0v) is 16.8. The van der Waals surface area contributed by atoms with Crippen molar-refractivity contribution in [3.8, 4) is 17.1 Å². The number of methoxy groups -OCH3 is 1. The lowest BCUT2D eigenvalue weighted by molar-refractivity contribution is -0.111. The highest BCUT2D eigenvalue weighted by Gasteiger charge is 2.16. The minimum Gasteiger partial charge on any atom is -0.494 e. The van der Waals surface area contributed by atoms with Crippen molar-refractivity contribution in [2.24, 2.45) is 0 Å². The van der Waals surface area contributed by atoms with Crippen LogP contribution in [0, 0.1) is 5.82 Å². The first-order chi connectivity index (χ1) is 14.6. The fourth-order valence-electron chi connectivity index (χ4n) is 3.58. The van der Waals surface area contributed by atoms with E-state index in [4.69, 9.17) is 4.74 Å². The summed E-state index contributed by atoms with van der Waals surface area (Å²) in [6.07, 6.45) is 7.32. The maximum absolute atomic E-state index is 13.8. The van der Waals surface area contributed by atoms with Gasteiger partial charge in [0.2, 0.25) is 5.91 Å². The SMILES string of the molecule is COc1ccc(/C=C/C(=O)Nc2cccc(-c3nnc4n3CCCCC4)c2)cc1F. The van der Waals surface area contributed by atoms with E-state index in [0.29, 0.717) is 11.3 Å². The first kappa shape index (κ1) is 19.8. The summed E-state index contributed by atoms with van der Waals surface area (Å²) in [5, 5.41) is 11.6. The van der Waals surface area contributed by atoms with Crippen molar-refractivity contribution in [1.82, 2.24) is 14.8 Å². The van der Waals surface area contributed by atoms with E-state index in [2.05, 4.69) is 20.1 Å². The molecule has 1 aliphatic heterocycles. The van der Waals surface area contributed by atoms with E-state index >= 15 is 0 Å². The number of benzene rings is 2. The van der Waals surface area contributed by atoms with Gasteiger partial charge in [0.05, 0.1) is 7.11 Å². The topological polar surface area (TPSA) is 69.0 Å². The van der Waals surface area contributed by atoms with E-state index in [9.17, 15) is 9.18 Å². The second-order valence-corrected chi connectivity index (χ2v) is 7.20. The molecule has 30 heavy (non-hydrogen) atoms. The van der Waals surface area contributed by atoms with Gasteiger partial charge in [-0.2, -0.15) is 0 Å². The lowest BCUT2D eigenvalue weighted by atomic mass is 10.1. The summed E-state index contributed by atoms with van der Waals surface area (Å²) in [6, 6.07) is 12.1. The molecule has 0 atom stereocenters. The zero-order valence-electron chi connectivity index (χ0n) is 16.8. The van der Waals surface area contributed by atoms with E-state index in [1.807, 2.05) is 24.3 Å². The summed E-state index contributed by atoms with van der Waals surface area (Å²) in [5.41, 5.74) is 2.15. The largest absolute Gasteiger partial charge is 0.494 e. The molecule has 0 fully saturated rings. The summed E-state index contributed by atoms with van der Waals surface area (Å²) < 4.78 is 20.8. The van der Waals surface area contributed by atoms with Crippen molar-refractivity contribution < 1.29 is 13.9 Å². The molecule has 0 radical (unpaired) electrons. The highest BCUT2D eigenvalue weighted by atomic mass is 19.1. The molecule has 1 amide bonds. The molecule has 0 aliphatic carbocycles. The molecule has 6 nitrogen and oxygen atoms in total. The fourth-order valence-corrected chi connectivity index (χ4v) is 3.58. The van der Waals surface area contributed by atoms with E-state index in [1.54, 1.807) is 12.1 Å². The Morgan fingerprint density at radius 3 is 2.90 bits per heavy atom. The van der Waals surface area contributed by atoms with Crippen LogP contribution in [-0.2, 0) is 17.8 Å². The number of carbonyl (C=O) groups excluding carboxylic acids is 1. The number of aromatic nitrogens is 3. The van der Waals surface area contributed by atoms with Gasteiger partial charge in [0.1, 0.15) is 5.82 Å². The standard InChI is InChI=1S/C23H23FN4O2/c1-30-20-11-9-16(14-19(20)24)10-12-22(29)25-18-7-5-6-17(15-18)23-27-26-21-8-3-2-4-13-28(21)23/h5-7,9-12,14-15H,2-4,8,13H2,1H3,(H,25,29)/b12-10+. The van der Waals surface area contributed by atoms with E-state index in [1.165, 1.54) is 31.7 Å². The van der Waals surface area contributed by atoms with Crippen LogP contribution in [0.2, 0.25) is 0 Å². The molecule has 1 aliphatic rings. The molecule has 2 heterocycles. The third-order valence-electron chi connectivity index (χ3n) is 5.10. The van der Waals surface area contributed by atoms with Crippen molar-refractivity contribution in [2.45, 2.75) is 32.2 Å². The third-order valence-corrected chi connectivity index (χ3v) is 5.10. The Kier molecular flexibility index (Phi) is 5.88. The van der Waals surface area contributed by atoms with Crippen LogP contribution in [0.25, 0.3) is 17.5 Å². The number of ether oxygens (including phenoxy) is 1. The third kappa shape index (κ3) is 4.40. The van der Waals surface area contributed by atoms with Crippen molar-refractivity contribution >= 4 is 17.7 Å². The maximum atomic E-state index is 13.8. The smallest absolute Gasteiger partial charge is 0.248 e. The lowest BCUT2D eigenvalue weighted by Gasteiger charge is -2.09. The van der Waals surface area contributed by atoms with Crippen LogP contribution in [0.15, 0.2) is 48.5 Å². The van der Waals surface area contributed by atoms with Gasteiger partial charge in [-0.3, -0.25) is 4.79 Å². The first-order valence-electron chi connectivity index (χ1n) is 9.99. The van der Waals surface area contributed by atoms with Gasteiger partial charge < -0.3 is 14.6 Å². The predicted octanol–water partition coefficient (Wildman–Crippen LogP) is 4.47. The van der Waals surface area contributed by atoms with Crippen LogP contribution in [0.5, 0.6) is 5.75 Å². The normalized spacial score (nSPS) is 13.7. The molecule has 154 valence electrons. The van der Waals surface area contributed by atoms with Gasteiger partial charge in [-0.25, -0.2) is 4.39 Å². The summed E-state index contributed by atoms with van der Waals surface area (Å²) in [6.45, 7) is 0.912. The van der Waals surface area contributed by atoms with Crippen LogP contribution in [0.3, 0.4) is 0 Å². The number of carbonyl (C=O) groups is 1. The summed E-state index contributed by atoms with van der Waals surface area (Å²) >= 11 is 0. The second-order valence-electron chi connectivity index (χ2n) is 7.20. The number of halogens is 1. The van der Waals surface area contributed by atoms with Crippen LogP contribution >= 0.6 is 0 Å². The van der Waals surface area contributed by atoms with E-state index in [-0.39, 0.29) is 11.7 Å². The number of amides is 1. The number of aryl methyl sites for hydroxylation is 1. The number of rotatable bonds is 5. The number of nitrogens with zero attached hydrogens (tertiary/aromatic N) is 3. The molecule has 2 aromatic carbocycles. The second kappa shape index (κ2) is 8.90. The van der Waals surface area contributed by atoms with Gasteiger partial charge >= 0.3 is 0 Å². The summed E-state index contributed by atoms with van der Waals surface area (Å²) in [5.74, 6) is 1.24. The molecule has 1 aromatic heterocycles. The zero-order chi connectivity index (χ0) is 20.9. The minimum atomic E-state index is -0.472. The van der Waals surface area contributed by atoms with Crippen LogP contribution in [0.1, 0.15) is 30.7 Å². The highest BCUT2D eigenvalue weighted by molar-refractivity contribution is 6.02. The van der Waals surface area contributed by atoms with Crippen molar-refractivity contribution in [1.29, 1.82) is 0 Å². The lowest BCUT2D eigenvalue weighted by Crippen LogP contribution is -2.08. The van der Waals surface area contributed by atoms with Crippen molar-refractivity contribution in [3.05, 3.63) is 65.7 Å². The number of hydrogen-bond donors (Lipinski definition) is 1. The van der Waals surface area contributed by atoms with Gasteiger partial charge in [0.15, 0.2) is 17.4 Å². The van der Waals surface area contributed by atoms with E-state index < -0.39 is 5.82 Å². The maximum Gasteiger partial charge on any atom is 0.248 e. The molecular formula is C23H23FN4O2. The molecule has 0 saturated heterocycles. The predicted molar refractivity (Wildman–Crippen MR) is 114 cm³/mol. The number of nitrogens with one attached hydrogen (secondary N) is 1. The molecule has 1 N–H and O–H groups in total. The molecule has 0 bridgehead atoms. The van der Waals surface area contributed by atoms with E-state index in [0.717, 1.165) is 43.0 Å². The summed E-state index contributed by atoms with van der Waals surface area (Å²) in [7, 11) is 1.41.